The third-order valence-electron chi connectivity index (χ3n) is 6.86. The lowest BCUT2D eigenvalue weighted by atomic mass is 9.65. The molecule has 1 amide bonds. The summed E-state index contributed by atoms with van der Waals surface area (Å²) in [6.45, 7) is 0. The molecule has 3 N–H and O–H groups in total. The Kier molecular flexibility index (Phi) is 4.62. The molecular formula is C21H30N2O. The molecule has 3 aliphatic carbocycles. The molecule has 4 rings (SSSR count). The lowest BCUT2D eigenvalue weighted by molar-refractivity contribution is -0.129. The van der Waals surface area contributed by atoms with Gasteiger partial charge < -0.3 is 11.1 Å². The highest BCUT2D eigenvalue weighted by molar-refractivity contribution is 5.79. The predicted octanol–water partition coefficient (Wildman–Crippen LogP) is 3.80. The summed E-state index contributed by atoms with van der Waals surface area (Å²) in [5.74, 6) is 2.19. The zero-order valence-electron chi connectivity index (χ0n) is 14.5. The van der Waals surface area contributed by atoms with Crippen molar-refractivity contribution in [3.05, 3.63) is 35.9 Å². The zero-order valence-corrected chi connectivity index (χ0v) is 14.5. The fourth-order valence-electron chi connectivity index (χ4n) is 5.18. The number of rotatable bonds is 4. The number of hydrogen-bond donors (Lipinski definition) is 2. The number of amides is 1. The standard InChI is InChI=1S/C21H30N2O/c22-19-16-10-5-11-17(19)13-18(12-16)21(24)23-20(15-8-4-9-15)14-6-2-1-3-7-14/h1-3,6-7,15-20H,4-5,8-13,22H2,(H,23,24). The summed E-state index contributed by atoms with van der Waals surface area (Å²) >= 11 is 0. The Morgan fingerprint density at radius 3 is 2.21 bits per heavy atom. The van der Waals surface area contributed by atoms with Gasteiger partial charge in [0.25, 0.3) is 0 Å². The number of benzene rings is 1. The molecule has 3 nitrogen and oxygen atoms in total. The van der Waals surface area contributed by atoms with Crippen LogP contribution in [-0.4, -0.2) is 11.9 Å². The van der Waals surface area contributed by atoms with Gasteiger partial charge in [0, 0.05) is 12.0 Å². The third kappa shape index (κ3) is 3.11. The zero-order chi connectivity index (χ0) is 16.5. The van der Waals surface area contributed by atoms with Gasteiger partial charge in [-0.25, -0.2) is 0 Å². The molecule has 24 heavy (non-hydrogen) atoms. The molecule has 3 fully saturated rings. The third-order valence-corrected chi connectivity index (χ3v) is 6.86. The van der Waals surface area contributed by atoms with Gasteiger partial charge in [-0.05, 0) is 61.8 Å². The molecule has 0 heterocycles. The number of hydrogen-bond acceptors (Lipinski definition) is 2. The second kappa shape index (κ2) is 6.87. The van der Waals surface area contributed by atoms with Crippen molar-refractivity contribution < 1.29 is 4.79 Å². The summed E-state index contributed by atoms with van der Waals surface area (Å²) in [5, 5.41) is 3.43. The molecule has 0 radical (unpaired) electrons. The largest absolute Gasteiger partial charge is 0.349 e. The normalized spacial score (nSPS) is 34.2. The molecule has 2 bridgehead atoms. The van der Waals surface area contributed by atoms with Crippen molar-refractivity contribution in [1.82, 2.24) is 5.32 Å². The van der Waals surface area contributed by atoms with Gasteiger partial charge in [-0.2, -0.15) is 0 Å². The van der Waals surface area contributed by atoms with Crippen LogP contribution in [0.15, 0.2) is 30.3 Å². The average Bonchev–Trinajstić information content (AvgIpc) is 2.53. The minimum absolute atomic E-state index is 0.173. The van der Waals surface area contributed by atoms with Gasteiger partial charge in [0.15, 0.2) is 0 Å². The molecule has 1 aromatic rings. The highest BCUT2D eigenvalue weighted by atomic mass is 16.1. The summed E-state index contributed by atoms with van der Waals surface area (Å²) in [4.78, 5) is 13.0. The van der Waals surface area contributed by atoms with Crippen molar-refractivity contribution in [1.29, 1.82) is 0 Å². The summed E-state index contributed by atoms with van der Waals surface area (Å²) in [6.07, 6.45) is 9.49. The van der Waals surface area contributed by atoms with Gasteiger partial charge in [0.05, 0.1) is 6.04 Å². The van der Waals surface area contributed by atoms with E-state index in [2.05, 4.69) is 29.6 Å². The Hall–Kier alpha value is -1.35. The first-order valence-electron chi connectivity index (χ1n) is 9.83. The van der Waals surface area contributed by atoms with Gasteiger partial charge in [-0.1, -0.05) is 43.2 Å². The van der Waals surface area contributed by atoms with E-state index < -0.39 is 0 Å². The summed E-state index contributed by atoms with van der Waals surface area (Å²) in [6, 6.07) is 11.1. The second-order valence-electron chi connectivity index (χ2n) is 8.28. The second-order valence-corrected chi connectivity index (χ2v) is 8.28. The summed E-state index contributed by atoms with van der Waals surface area (Å²) in [5.41, 5.74) is 7.65. The van der Waals surface area contributed by atoms with Crippen LogP contribution >= 0.6 is 0 Å². The Balaban J connectivity index is 1.45. The van der Waals surface area contributed by atoms with E-state index in [1.54, 1.807) is 0 Å². The molecule has 3 heteroatoms. The van der Waals surface area contributed by atoms with Crippen LogP contribution in [0.3, 0.4) is 0 Å². The SMILES string of the molecule is NC1C2CCCC1CC(C(=O)NC(c1ccccc1)C1CCC1)C2. The van der Waals surface area contributed by atoms with Gasteiger partial charge in [0.1, 0.15) is 0 Å². The van der Waals surface area contributed by atoms with Gasteiger partial charge in [0.2, 0.25) is 5.91 Å². The maximum Gasteiger partial charge on any atom is 0.223 e. The lowest BCUT2D eigenvalue weighted by Gasteiger charge is -2.44. The molecule has 0 aromatic heterocycles. The Morgan fingerprint density at radius 1 is 1.00 bits per heavy atom. The first-order chi connectivity index (χ1) is 11.7. The molecule has 0 spiro atoms. The van der Waals surface area contributed by atoms with Crippen LogP contribution in [0.1, 0.15) is 63.0 Å². The Morgan fingerprint density at radius 2 is 1.62 bits per heavy atom. The first kappa shape index (κ1) is 16.1. The highest BCUT2D eigenvalue weighted by Gasteiger charge is 2.41. The number of carbonyl (C=O) groups excluding carboxylic acids is 1. The monoisotopic (exact) mass is 326 g/mol. The van der Waals surface area contributed by atoms with Crippen LogP contribution in [0, 0.1) is 23.7 Å². The van der Waals surface area contributed by atoms with E-state index >= 15 is 0 Å². The maximum atomic E-state index is 13.0. The van der Waals surface area contributed by atoms with E-state index in [0.29, 0.717) is 23.8 Å². The van der Waals surface area contributed by atoms with Crippen LogP contribution in [0.2, 0.25) is 0 Å². The molecule has 3 unspecified atom stereocenters. The van der Waals surface area contributed by atoms with Crippen molar-refractivity contribution in [2.75, 3.05) is 0 Å². The Labute approximate surface area is 145 Å². The van der Waals surface area contributed by atoms with Crippen LogP contribution in [0.25, 0.3) is 0 Å². The van der Waals surface area contributed by atoms with Crippen molar-refractivity contribution in [3.8, 4) is 0 Å². The minimum atomic E-state index is 0.173. The number of nitrogens with two attached hydrogens (primary N) is 1. The smallest absolute Gasteiger partial charge is 0.223 e. The molecule has 130 valence electrons. The van der Waals surface area contributed by atoms with Gasteiger partial charge in [-0.15, -0.1) is 0 Å². The Bertz CT molecular complexity index is 554. The van der Waals surface area contributed by atoms with Gasteiger partial charge >= 0.3 is 0 Å². The van der Waals surface area contributed by atoms with Crippen molar-refractivity contribution in [3.63, 3.8) is 0 Å². The molecule has 0 saturated heterocycles. The molecule has 3 aliphatic rings. The van der Waals surface area contributed by atoms with Crippen molar-refractivity contribution >= 4 is 5.91 Å². The fourth-order valence-corrected chi connectivity index (χ4v) is 5.18. The van der Waals surface area contributed by atoms with E-state index in [1.165, 1.54) is 44.1 Å². The molecule has 3 atom stereocenters. The van der Waals surface area contributed by atoms with Crippen LogP contribution in [0.4, 0.5) is 0 Å². The highest BCUT2D eigenvalue weighted by Crippen LogP contribution is 2.43. The van der Waals surface area contributed by atoms with Crippen LogP contribution < -0.4 is 11.1 Å². The van der Waals surface area contributed by atoms with Crippen LogP contribution in [0.5, 0.6) is 0 Å². The average molecular weight is 326 g/mol. The van der Waals surface area contributed by atoms with E-state index in [0.717, 1.165) is 12.8 Å². The predicted molar refractivity (Wildman–Crippen MR) is 96.2 cm³/mol. The summed E-state index contributed by atoms with van der Waals surface area (Å²) in [7, 11) is 0. The molecule has 0 aliphatic heterocycles. The number of fused-ring (bicyclic) bond motifs is 2. The molecule has 1 aromatic carbocycles. The molecular weight excluding hydrogens is 296 g/mol. The quantitative estimate of drug-likeness (QED) is 0.884. The van der Waals surface area contributed by atoms with Crippen molar-refractivity contribution in [2.24, 2.45) is 29.4 Å². The van der Waals surface area contributed by atoms with E-state index in [9.17, 15) is 4.79 Å². The topological polar surface area (TPSA) is 55.1 Å². The lowest BCUT2D eigenvalue weighted by Crippen LogP contribution is -2.50. The number of carbonyl (C=O) groups is 1. The first-order valence-corrected chi connectivity index (χ1v) is 9.83. The number of nitrogens with one attached hydrogen (secondary N) is 1. The van der Waals surface area contributed by atoms with Crippen LogP contribution in [-0.2, 0) is 4.79 Å². The van der Waals surface area contributed by atoms with E-state index in [-0.39, 0.29) is 17.9 Å². The van der Waals surface area contributed by atoms with E-state index in [1.807, 2.05) is 6.07 Å². The maximum absolute atomic E-state index is 13.0. The molecule has 3 saturated carbocycles. The minimum Gasteiger partial charge on any atom is -0.349 e. The van der Waals surface area contributed by atoms with Crippen molar-refractivity contribution in [2.45, 2.75) is 63.5 Å². The fraction of sp³-hybridized carbons (Fsp3) is 0.667. The van der Waals surface area contributed by atoms with E-state index in [4.69, 9.17) is 5.73 Å². The summed E-state index contributed by atoms with van der Waals surface area (Å²) < 4.78 is 0. The van der Waals surface area contributed by atoms with Gasteiger partial charge in [-0.3, -0.25) is 4.79 Å².